The molecule has 0 saturated heterocycles. The first-order valence-electron chi connectivity index (χ1n) is 14.6. The lowest BCUT2D eigenvalue weighted by Crippen LogP contribution is -2.45. The number of carbonyl (C=O) groups excluding carboxylic acids is 2. The third kappa shape index (κ3) is 15.3. The van der Waals surface area contributed by atoms with Gasteiger partial charge in [-0.1, -0.05) is 35.9 Å². The molecular weight excluding hydrogens is 634 g/mol. The Labute approximate surface area is 275 Å². The fourth-order valence-electron chi connectivity index (χ4n) is 4.62. The first-order chi connectivity index (χ1) is 21.6. The van der Waals surface area contributed by atoms with Crippen LogP contribution in [0.5, 0.6) is 5.75 Å². The summed E-state index contributed by atoms with van der Waals surface area (Å²) in [4.78, 5) is 35.0. The number of carboxylic acids is 1. The number of benzene rings is 3. The highest BCUT2D eigenvalue weighted by molar-refractivity contribution is 7.85. The lowest BCUT2D eigenvalue weighted by atomic mass is 9.81. The molecule has 1 aliphatic rings. The van der Waals surface area contributed by atoms with Gasteiger partial charge in [-0.3, -0.25) is 14.1 Å². The van der Waals surface area contributed by atoms with E-state index in [0.29, 0.717) is 47.3 Å². The van der Waals surface area contributed by atoms with Crippen molar-refractivity contribution in [1.82, 2.24) is 5.32 Å². The molecular formula is C33H42ClN3O8S. The van der Waals surface area contributed by atoms with Gasteiger partial charge in [0.1, 0.15) is 18.4 Å². The molecule has 0 spiro atoms. The molecule has 0 bridgehead atoms. The molecule has 0 unspecified atom stereocenters. The zero-order valence-corrected chi connectivity index (χ0v) is 27.5. The van der Waals surface area contributed by atoms with Gasteiger partial charge >= 0.3 is 5.97 Å². The Morgan fingerprint density at radius 3 is 2.07 bits per heavy atom. The van der Waals surface area contributed by atoms with Crippen LogP contribution in [0.1, 0.15) is 54.1 Å². The minimum absolute atomic E-state index is 0.0694. The van der Waals surface area contributed by atoms with Crippen LogP contribution in [0.2, 0.25) is 5.02 Å². The summed E-state index contributed by atoms with van der Waals surface area (Å²) >= 11 is 5.98. The molecule has 0 radical (unpaired) electrons. The van der Waals surface area contributed by atoms with E-state index >= 15 is 0 Å². The lowest BCUT2D eigenvalue weighted by Gasteiger charge is -2.27. The summed E-state index contributed by atoms with van der Waals surface area (Å²) in [5, 5.41) is 13.0. The van der Waals surface area contributed by atoms with Crippen molar-refractivity contribution >= 4 is 45.1 Å². The highest BCUT2D eigenvalue weighted by Gasteiger charge is 2.29. The molecule has 1 saturated carbocycles. The van der Waals surface area contributed by atoms with Crippen LogP contribution in [0.4, 0.5) is 5.69 Å². The fourth-order valence-corrected chi connectivity index (χ4v) is 4.83. The van der Waals surface area contributed by atoms with Crippen molar-refractivity contribution in [3.05, 3.63) is 94.5 Å². The van der Waals surface area contributed by atoms with Crippen molar-refractivity contribution in [3.8, 4) is 5.75 Å². The smallest absolute Gasteiger partial charge is 0.326 e. The predicted octanol–water partition coefficient (Wildman–Crippen LogP) is 4.77. The number of nitrogen functional groups attached to an aromatic ring is 1. The van der Waals surface area contributed by atoms with Gasteiger partial charge in [0.2, 0.25) is 5.91 Å². The zero-order valence-electron chi connectivity index (χ0n) is 25.9. The van der Waals surface area contributed by atoms with Gasteiger partial charge in [0, 0.05) is 28.6 Å². The molecule has 0 heterocycles. The van der Waals surface area contributed by atoms with Crippen LogP contribution in [0, 0.1) is 11.8 Å². The molecule has 1 fully saturated rings. The van der Waals surface area contributed by atoms with E-state index in [2.05, 4.69) is 5.32 Å². The molecule has 0 aromatic heterocycles. The average Bonchev–Trinajstić information content (AvgIpc) is 3.00. The number of ketones is 1. The fraction of sp³-hybridized carbons (Fsp3) is 0.364. The van der Waals surface area contributed by atoms with E-state index < -0.39 is 22.1 Å². The van der Waals surface area contributed by atoms with E-state index in [-0.39, 0.29) is 24.0 Å². The minimum atomic E-state index is -3.67. The van der Waals surface area contributed by atoms with Gasteiger partial charge in [0.15, 0.2) is 5.78 Å². The average molecular weight is 676 g/mol. The standard InChI is InChI=1S/C24H29ClN2O4.C8H9NO.CH4O3S/c25-20-3-1-2-18(12-20)15-31-21-10-6-16(7-11-21)13-22(24(29)30)27-23(28)19-8-4-17(14-26)5-9-19;1-6(10)7-2-4-8(9)5-3-7;1-5(2,3)4/h1-3,6-7,10-12,17,19,22H,4-5,8-9,13-15,26H2,(H,27,28)(H,29,30);2-5H,9H2,1H3;1H3,(H,2,3,4)/t17?,19?,22-;;/m0../s1. The quantitative estimate of drug-likeness (QED) is 0.113. The number of nitrogens with one attached hydrogen (secondary N) is 1. The molecule has 3 aromatic carbocycles. The number of carbonyl (C=O) groups is 3. The van der Waals surface area contributed by atoms with Gasteiger partial charge in [-0.15, -0.1) is 0 Å². The van der Waals surface area contributed by atoms with Gasteiger partial charge in [-0.05, 0) is 105 Å². The van der Waals surface area contributed by atoms with Crippen molar-refractivity contribution in [2.75, 3.05) is 18.5 Å². The number of hydrogen-bond acceptors (Lipinski definition) is 8. The first-order valence-corrected chi connectivity index (χ1v) is 16.9. The number of Topliss-reactive ketones (excluding diaryl/α,β-unsaturated/α-hetero) is 1. The number of nitrogens with two attached hydrogens (primary N) is 2. The van der Waals surface area contributed by atoms with Crippen molar-refractivity contribution in [3.63, 3.8) is 0 Å². The van der Waals surface area contributed by atoms with E-state index in [1.54, 1.807) is 36.4 Å². The summed E-state index contributed by atoms with van der Waals surface area (Å²) in [5.74, 6) is -0.128. The van der Waals surface area contributed by atoms with Gasteiger partial charge in [0.05, 0.1) is 6.26 Å². The number of anilines is 1. The lowest BCUT2D eigenvalue weighted by molar-refractivity contribution is -0.142. The summed E-state index contributed by atoms with van der Waals surface area (Å²) in [5.41, 5.74) is 14.3. The van der Waals surface area contributed by atoms with E-state index in [1.165, 1.54) is 6.92 Å². The number of halogens is 1. The van der Waals surface area contributed by atoms with Crippen LogP contribution in [0.3, 0.4) is 0 Å². The van der Waals surface area contributed by atoms with Gasteiger partial charge < -0.3 is 26.6 Å². The Balaban J connectivity index is 0.000000403. The Kier molecular flexibility index (Phi) is 15.7. The normalized spacial score (nSPS) is 16.4. The summed E-state index contributed by atoms with van der Waals surface area (Å²) in [7, 11) is -3.67. The third-order valence-electron chi connectivity index (χ3n) is 7.14. The van der Waals surface area contributed by atoms with Crippen LogP contribution in [-0.4, -0.2) is 54.6 Å². The molecule has 3 aromatic rings. The Hall–Kier alpha value is -3.97. The predicted molar refractivity (Wildman–Crippen MR) is 178 cm³/mol. The number of rotatable bonds is 10. The second kappa shape index (κ2) is 18.9. The van der Waals surface area contributed by atoms with Crippen LogP contribution in [0.15, 0.2) is 72.8 Å². The number of carboxylic acid groups (broad SMARTS) is 1. The van der Waals surface area contributed by atoms with Gasteiger partial charge in [-0.25, -0.2) is 4.79 Å². The Bertz CT molecular complexity index is 1520. The Morgan fingerprint density at radius 2 is 1.57 bits per heavy atom. The number of hydrogen-bond donors (Lipinski definition) is 5. The second-order valence-electron chi connectivity index (χ2n) is 11.0. The van der Waals surface area contributed by atoms with Crippen molar-refractivity contribution in [2.24, 2.45) is 17.6 Å². The molecule has 250 valence electrons. The summed E-state index contributed by atoms with van der Waals surface area (Å²) in [6, 6.07) is 20.6. The van der Waals surface area contributed by atoms with Gasteiger partial charge in [-0.2, -0.15) is 8.42 Å². The molecule has 0 aliphatic heterocycles. The largest absolute Gasteiger partial charge is 0.489 e. The minimum Gasteiger partial charge on any atom is -0.489 e. The van der Waals surface area contributed by atoms with Crippen LogP contribution < -0.4 is 21.5 Å². The maximum atomic E-state index is 12.6. The molecule has 1 atom stereocenters. The monoisotopic (exact) mass is 675 g/mol. The molecule has 1 aliphatic carbocycles. The maximum Gasteiger partial charge on any atom is 0.326 e. The van der Waals surface area contributed by atoms with E-state index in [0.717, 1.165) is 36.8 Å². The maximum absolute atomic E-state index is 12.6. The first kappa shape index (κ1) is 38.2. The third-order valence-corrected chi connectivity index (χ3v) is 7.38. The molecule has 1 amide bonds. The molecule has 46 heavy (non-hydrogen) atoms. The van der Waals surface area contributed by atoms with Crippen molar-refractivity contribution in [2.45, 2.75) is 51.7 Å². The number of amides is 1. The van der Waals surface area contributed by atoms with Crippen LogP contribution >= 0.6 is 11.6 Å². The highest BCUT2D eigenvalue weighted by atomic mass is 35.5. The van der Waals surface area contributed by atoms with Gasteiger partial charge in [0.25, 0.3) is 10.1 Å². The SMILES string of the molecule is CC(=O)c1ccc(N)cc1.CS(=O)(=O)O.NCC1CCC(C(=O)N[C@@H](Cc2ccc(OCc3cccc(Cl)c3)cc2)C(=O)O)CC1. The Morgan fingerprint density at radius 1 is 0.978 bits per heavy atom. The molecule has 4 rings (SSSR count). The van der Waals surface area contributed by atoms with E-state index in [9.17, 15) is 27.9 Å². The van der Waals surface area contributed by atoms with Crippen molar-refractivity contribution < 1.29 is 37.2 Å². The summed E-state index contributed by atoms with van der Waals surface area (Å²) < 4.78 is 31.6. The highest BCUT2D eigenvalue weighted by Crippen LogP contribution is 2.28. The van der Waals surface area contributed by atoms with Crippen molar-refractivity contribution in [1.29, 1.82) is 0 Å². The molecule has 13 heteroatoms. The molecule has 11 nitrogen and oxygen atoms in total. The van der Waals surface area contributed by atoms with E-state index in [1.807, 2.05) is 36.4 Å². The summed E-state index contributed by atoms with van der Waals surface area (Å²) in [6.07, 6.45) is 4.30. The number of aliphatic carboxylic acids is 1. The van der Waals surface area contributed by atoms with Crippen LogP contribution in [0.25, 0.3) is 0 Å². The molecule has 7 N–H and O–H groups in total. The second-order valence-corrected chi connectivity index (χ2v) is 12.9. The van der Waals surface area contributed by atoms with Crippen LogP contribution in [-0.2, 0) is 32.7 Å². The summed E-state index contributed by atoms with van der Waals surface area (Å²) in [6.45, 7) is 2.57. The van der Waals surface area contributed by atoms with E-state index in [4.69, 9.17) is 32.4 Å². The number of ether oxygens (including phenoxy) is 1. The topological polar surface area (TPSA) is 199 Å². The zero-order chi connectivity index (χ0) is 34.3.